The largest absolute Gasteiger partial charge is 0.455 e. The summed E-state index contributed by atoms with van der Waals surface area (Å²) < 4.78 is 6.65. The fraction of sp³-hybridized carbons (Fsp3) is 0. The van der Waals surface area contributed by atoms with E-state index in [1.807, 2.05) is 18.2 Å². The molecule has 0 aliphatic heterocycles. The predicted octanol–water partition coefficient (Wildman–Crippen LogP) is 12.9. The maximum atomic E-state index is 6.65. The van der Waals surface area contributed by atoms with Gasteiger partial charge in [-0.05, 0) is 57.0 Å². The van der Waals surface area contributed by atoms with Gasteiger partial charge in [-0.15, -0.1) is 0 Å². The minimum absolute atomic E-state index is 0.609. The molecule has 0 fully saturated rings. The highest BCUT2D eigenvalue weighted by Crippen LogP contribution is 2.41. The summed E-state index contributed by atoms with van der Waals surface area (Å²) in [6, 6.07) is 65.1. The van der Waals surface area contributed by atoms with Crippen molar-refractivity contribution < 1.29 is 4.42 Å². The summed E-state index contributed by atoms with van der Waals surface area (Å²) >= 11 is 0. The summed E-state index contributed by atoms with van der Waals surface area (Å²) in [5, 5.41) is 4.11. The first-order valence-corrected chi connectivity index (χ1v) is 17.8. The molecule has 0 bridgehead atoms. The first-order valence-electron chi connectivity index (χ1n) is 17.8. The SMILES string of the molecule is c1ccc(-c2ccc(-c3nc(-c4ccc(-c5ccccc5)cc4)nc(-c4cc5c6ccc(-c7ccccc7)cc6oc5c5ccccc45)n3)cc2)cc1. The van der Waals surface area contributed by atoms with Gasteiger partial charge in [-0.2, -0.15) is 0 Å². The van der Waals surface area contributed by atoms with Crippen LogP contribution in [0.25, 0.3) is 100 Å². The Balaban J connectivity index is 1.16. The first kappa shape index (κ1) is 30.6. The number of aromatic nitrogens is 3. The van der Waals surface area contributed by atoms with E-state index in [4.69, 9.17) is 19.4 Å². The van der Waals surface area contributed by atoms with E-state index in [-0.39, 0.29) is 0 Å². The Kier molecular flexibility index (Phi) is 7.43. The maximum absolute atomic E-state index is 6.65. The molecule has 248 valence electrons. The molecule has 0 saturated heterocycles. The Morgan fingerprint density at radius 1 is 0.283 bits per heavy atom. The molecule has 0 atom stereocenters. The van der Waals surface area contributed by atoms with Gasteiger partial charge in [-0.1, -0.05) is 170 Å². The molecule has 0 unspecified atom stereocenters. The molecule has 10 aromatic rings. The monoisotopic (exact) mass is 677 g/mol. The lowest BCUT2D eigenvalue weighted by Gasteiger charge is -2.12. The third kappa shape index (κ3) is 5.63. The Hall–Kier alpha value is -7.17. The van der Waals surface area contributed by atoms with E-state index in [1.165, 1.54) is 0 Å². The average Bonchev–Trinajstić information content (AvgIpc) is 3.62. The van der Waals surface area contributed by atoms with Crippen LogP contribution in [-0.4, -0.2) is 15.0 Å². The van der Waals surface area contributed by atoms with Crippen LogP contribution in [0.3, 0.4) is 0 Å². The van der Waals surface area contributed by atoms with Gasteiger partial charge in [0.1, 0.15) is 11.2 Å². The van der Waals surface area contributed by atoms with Crippen LogP contribution >= 0.6 is 0 Å². The van der Waals surface area contributed by atoms with Gasteiger partial charge in [0.15, 0.2) is 17.5 Å². The normalized spacial score (nSPS) is 11.4. The quantitative estimate of drug-likeness (QED) is 0.176. The second-order valence-corrected chi connectivity index (χ2v) is 13.2. The molecule has 0 aliphatic rings. The molecule has 10 rings (SSSR count). The van der Waals surface area contributed by atoms with E-state index in [2.05, 4.69) is 170 Å². The molecule has 8 aromatic carbocycles. The topological polar surface area (TPSA) is 51.8 Å². The van der Waals surface area contributed by atoms with Crippen LogP contribution in [0.15, 0.2) is 192 Å². The van der Waals surface area contributed by atoms with Crippen LogP contribution in [0.1, 0.15) is 0 Å². The van der Waals surface area contributed by atoms with Crippen molar-refractivity contribution in [3.8, 4) is 67.5 Å². The molecule has 4 heteroatoms. The minimum atomic E-state index is 0.609. The van der Waals surface area contributed by atoms with Gasteiger partial charge in [0.05, 0.1) is 0 Å². The van der Waals surface area contributed by atoms with Crippen LogP contribution in [0, 0.1) is 0 Å². The van der Waals surface area contributed by atoms with Crippen LogP contribution in [0.2, 0.25) is 0 Å². The van der Waals surface area contributed by atoms with Crippen molar-refractivity contribution in [1.29, 1.82) is 0 Å². The highest BCUT2D eigenvalue weighted by molar-refractivity contribution is 6.19. The van der Waals surface area contributed by atoms with Crippen molar-refractivity contribution in [3.63, 3.8) is 0 Å². The number of furan rings is 1. The molecule has 2 aromatic heterocycles. The number of fused-ring (bicyclic) bond motifs is 5. The predicted molar refractivity (Wildman–Crippen MR) is 217 cm³/mol. The summed E-state index contributed by atoms with van der Waals surface area (Å²) in [5.74, 6) is 1.84. The second-order valence-electron chi connectivity index (χ2n) is 13.2. The second kappa shape index (κ2) is 12.9. The van der Waals surface area contributed by atoms with Gasteiger partial charge in [0.25, 0.3) is 0 Å². The molecule has 53 heavy (non-hydrogen) atoms. The van der Waals surface area contributed by atoms with Crippen LogP contribution < -0.4 is 0 Å². The Morgan fingerprint density at radius 2 is 0.698 bits per heavy atom. The summed E-state index contributed by atoms with van der Waals surface area (Å²) in [6.45, 7) is 0. The van der Waals surface area contributed by atoms with Crippen LogP contribution in [0.4, 0.5) is 0 Å². The van der Waals surface area contributed by atoms with Gasteiger partial charge >= 0.3 is 0 Å². The summed E-state index contributed by atoms with van der Waals surface area (Å²) in [7, 11) is 0. The van der Waals surface area contributed by atoms with Gasteiger partial charge < -0.3 is 4.42 Å². The van der Waals surface area contributed by atoms with Gasteiger partial charge in [-0.3, -0.25) is 0 Å². The lowest BCUT2D eigenvalue weighted by molar-refractivity contribution is 0.673. The average molecular weight is 678 g/mol. The highest BCUT2D eigenvalue weighted by atomic mass is 16.3. The molecular formula is C49H31N3O. The van der Waals surface area contributed by atoms with Crippen molar-refractivity contribution in [1.82, 2.24) is 15.0 Å². The number of nitrogens with zero attached hydrogens (tertiary/aromatic N) is 3. The Bertz CT molecular complexity index is 2800. The molecule has 4 nitrogen and oxygen atoms in total. The number of hydrogen-bond acceptors (Lipinski definition) is 4. The number of hydrogen-bond donors (Lipinski definition) is 0. The third-order valence-electron chi connectivity index (χ3n) is 9.96. The van der Waals surface area contributed by atoms with Gasteiger partial charge in [-0.25, -0.2) is 15.0 Å². The van der Waals surface area contributed by atoms with E-state index < -0.39 is 0 Å². The van der Waals surface area contributed by atoms with Gasteiger partial charge in [0.2, 0.25) is 0 Å². The van der Waals surface area contributed by atoms with Gasteiger partial charge in [0, 0.05) is 32.8 Å². The van der Waals surface area contributed by atoms with Crippen molar-refractivity contribution in [2.45, 2.75) is 0 Å². The van der Waals surface area contributed by atoms with E-state index >= 15 is 0 Å². The maximum Gasteiger partial charge on any atom is 0.164 e. The smallest absolute Gasteiger partial charge is 0.164 e. The molecular weight excluding hydrogens is 647 g/mol. The van der Waals surface area contributed by atoms with Crippen molar-refractivity contribution >= 4 is 32.7 Å². The van der Waals surface area contributed by atoms with Crippen molar-refractivity contribution in [2.75, 3.05) is 0 Å². The Labute approximate surface area is 306 Å². The standard InChI is InChI=1S/C49H31N3O/c1-4-12-32(13-5-1)35-20-24-37(25-21-35)47-50-48(38-26-22-36(23-27-38)33-14-6-2-7-15-33)52-49(51-47)44-31-43-41-29-28-39(34-16-8-3-9-17-34)30-45(41)53-46(43)42-19-11-10-18-40(42)44/h1-31H. The fourth-order valence-electron chi connectivity index (χ4n) is 7.23. The molecule has 0 saturated carbocycles. The van der Waals surface area contributed by atoms with E-state index in [0.717, 1.165) is 82.8 Å². The molecule has 0 radical (unpaired) electrons. The lowest BCUT2D eigenvalue weighted by atomic mass is 9.98. The minimum Gasteiger partial charge on any atom is -0.455 e. The summed E-state index contributed by atoms with van der Waals surface area (Å²) in [6.07, 6.45) is 0. The Morgan fingerprint density at radius 3 is 1.25 bits per heavy atom. The van der Waals surface area contributed by atoms with E-state index in [1.54, 1.807) is 0 Å². The number of rotatable bonds is 6. The fourth-order valence-corrected chi connectivity index (χ4v) is 7.23. The zero-order valence-corrected chi connectivity index (χ0v) is 28.6. The number of benzene rings is 8. The molecule has 0 aliphatic carbocycles. The zero-order chi connectivity index (χ0) is 35.1. The first-order chi connectivity index (χ1) is 26.2. The van der Waals surface area contributed by atoms with Crippen LogP contribution in [-0.2, 0) is 0 Å². The van der Waals surface area contributed by atoms with E-state index in [0.29, 0.717) is 17.5 Å². The highest BCUT2D eigenvalue weighted by Gasteiger charge is 2.19. The molecule has 0 N–H and O–H groups in total. The van der Waals surface area contributed by atoms with E-state index in [9.17, 15) is 0 Å². The summed E-state index contributed by atoms with van der Waals surface area (Å²) in [4.78, 5) is 15.5. The molecule has 0 amide bonds. The van der Waals surface area contributed by atoms with Crippen molar-refractivity contribution in [3.05, 3.63) is 188 Å². The van der Waals surface area contributed by atoms with Crippen molar-refractivity contribution in [2.24, 2.45) is 0 Å². The lowest BCUT2D eigenvalue weighted by Crippen LogP contribution is -2.00. The molecule has 2 heterocycles. The van der Waals surface area contributed by atoms with Crippen LogP contribution in [0.5, 0.6) is 0 Å². The zero-order valence-electron chi connectivity index (χ0n) is 28.6. The summed E-state index contributed by atoms with van der Waals surface area (Å²) in [5.41, 5.74) is 11.3. The molecule has 0 spiro atoms. The third-order valence-corrected chi connectivity index (χ3v) is 9.96.